The molecule has 0 spiro atoms. The van der Waals surface area contributed by atoms with Gasteiger partial charge in [0.2, 0.25) is 11.8 Å². The number of carboxylic acid groups (broad SMARTS) is 1. The summed E-state index contributed by atoms with van der Waals surface area (Å²) in [5.74, 6) is -2.43. The second kappa shape index (κ2) is 36.6. The van der Waals surface area contributed by atoms with Crippen LogP contribution in [0.4, 0.5) is 0 Å². The van der Waals surface area contributed by atoms with Crippen molar-refractivity contribution in [2.75, 3.05) is 13.2 Å². The highest BCUT2D eigenvalue weighted by molar-refractivity contribution is 5.87. The number of carboxylic acids is 1. The zero-order valence-corrected chi connectivity index (χ0v) is 32.1. The van der Waals surface area contributed by atoms with Gasteiger partial charge in [-0.15, -0.1) is 0 Å². The molecule has 292 valence electrons. The number of rotatable bonds is 35. The summed E-state index contributed by atoms with van der Waals surface area (Å²) in [6.45, 7) is 3.31. The van der Waals surface area contributed by atoms with E-state index in [1.54, 1.807) is 0 Å². The highest BCUT2D eigenvalue weighted by atomic mass is 16.5. The lowest BCUT2D eigenvalue weighted by atomic mass is 10.1. The van der Waals surface area contributed by atoms with Gasteiger partial charge in [0.1, 0.15) is 12.1 Å². The first-order chi connectivity index (χ1) is 24.8. The number of amides is 2. The van der Waals surface area contributed by atoms with Crippen LogP contribution in [-0.4, -0.2) is 59.3 Å². The minimum absolute atomic E-state index is 0.136. The van der Waals surface area contributed by atoms with Gasteiger partial charge in [-0.3, -0.25) is 14.4 Å². The van der Waals surface area contributed by atoms with E-state index in [1.807, 2.05) is 6.08 Å². The Hall–Kier alpha value is -3.20. The van der Waals surface area contributed by atoms with Crippen LogP contribution in [0.3, 0.4) is 0 Å². The Balaban J connectivity index is 3.95. The van der Waals surface area contributed by atoms with Gasteiger partial charge in [-0.2, -0.15) is 0 Å². The van der Waals surface area contributed by atoms with Crippen LogP contribution in [0.5, 0.6) is 0 Å². The first kappa shape index (κ1) is 47.8. The van der Waals surface area contributed by atoms with E-state index in [0.29, 0.717) is 12.8 Å². The third-order valence-corrected chi connectivity index (χ3v) is 8.51. The van der Waals surface area contributed by atoms with E-state index in [9.17, 15) is 19.2 Å². The van der Waals surface area contributed by atoms with Crippen LogP contribution in [0.25, 0.3) is 0 Å². The number of nitrogens with one attached hydrogen (secondary N) is 2. The number of hydrogen-bond acceptors (Lipinski definition) is 6. The fourth-order valence-corrected chi connectivity index (χ4v) is 5.40. The summed E-state index contributed by atoms with van der Waals surface area (Å²) in [6, 6.07) is -1.39. The molecule has 0 aromatic carbocycles. The van der Waals surface area contributed by atoms with E-state index in [0.717, 1.165) is 77.0 Å². The lowest BCUT2D eigenvalue weighted by molar-refractivity contribution is -0.147. The molecule has 0 aliphatic rings. The number of carbonyl (C=O) groups excluding carboxylic acids is 3. The number of allylic oxidation sites excluding steroid dienone is 7. The van der Waals surface area contributed by atoms with Gasteiger partial charge in [0.05, 0.1) is 13.2 Å². The average molecular weight is 717 g/mol. The van der Waals surface area contributed by atoms with Crippen molar-refractivity contribution < 1.29 is 34.1 Å². The number of unbranched alkanes of at least 4 members (excludes halogenated alkanes) is 15. The van der Waals surface area contributed by atoms with Crippen LogP contribution in [0.1, 0.15) is 168 Å². The van der Waals surface area contributed by atoms with E-state index in [4.69, 9.17) is 14.9 Å². The molecule has 0 heterocycles. The molecule has 0 saturated carbocycles. The zero-order valence-electron chi connectivity index (χ0n) is 32.1. The van der Waals surface area contributed by atoms with E-state index in [1.165, 1.54) is 57.8 Å². The lowest BCUT2D eigenvalue weighted by Crippen LogP contribution is -2.47. The Labute approximate surface area is 309 Å². The SMILES string of the molecule is CCC/C=C\C(CCCCCCC(=O)NCC(=O)NC(CO)C(=O)O)OC(=O)CCCCCCCC/C=C\C/C=C\C/C=C\CCCCCCC. The van der Waals surface area contributed by atoms with E-state index in [-0.39, 0.29) is 30.9 Å². The lowest BCUT2D eigenvalue weighted by Gasteiger charge is -2.15. The molecular formula is C42H72N2O7. The van der Waals surface area contributed by atoms with Crippen LogP contribution < -0.4 is 10.6 Å². The van der Waals surface area contributed by atoms with Crippen LogP contribution in [0.15, 0.2) is 48.6 Å². The quantitative estimate of drug-likeness (QED) is 0.0291. The Morgan fingerprint density at radius 1 is 0.608 bits per heavy atom. The Bertz CT molecular complexity index is 1010. The molecule has 0 fully saturated rings. The van der Waals surface area contributed by atoms with E-state index in [2.05, 4.69) is 67.0 Å². The molecule has 0 radical (unpaired) electrons. The molecule has 0 bridgehead atoms. The summed E-state index contributed by atoms with van der Waals surface area (Å²) in [6.07, 6.45) is 42.0. The van der Waals surface area contributed by atoms with Crippen molar-refractivity contribution in [3.05, 3.63) is 48.6 Å². The first-order valence-corrected chi connectivity index (χ1v) is 20.0. The van der Waals surface area contributed by atoms with Crippen molar-refractivity contribution in [3.63, 3.8) is 0 Å². The van der Waals surface area contributed by atoms with Gasteiger partial charge in [0.15, 0.2) is 0 Å². The number of esters is 1. The van der Waals surface area contributed by atoms with Crippen molar-refractivity contribution in [1.82, 2.24) is 10.6 Å². The molecule has 0 aliphatic carbocycles. The summed E-state index contributed by atoms with van der Waals surface area (Å²) in [5.41, 5.74) is 0. The summed E-state index contributed by atoms with van der Waals surface area (Å²) in [7, 11) is 0. The number of aliphatic hydroxyl groups excluding tert-OH is 1. The number of aliphatic carboxylic acids is 1. The van der Waals surface area contributed by atoms with Gasteiger partial charge < -0.3 is 25.6 Å². The average Bonchev–Trinajstić information content (AvgIpc) is 3.11. The van der Waals surface area contributed by atoms with Crippen molar-refractivity contribution in [2.24, 2.45) is 0 Å². The van der Waals surface area contributed by atoms with E-state index >= 15 is 0 Å². The van der Waals surface area contributed by atoms with Crippen LogP contribution in [-0.2, 0) is 23.9 Å². The fraction of sp³-hybridized carbons (Fsp3) is 0.714. The highest BCUT2D eigenvalue weighted by Gasteiger charge is 2.18. The highest BCUT2D eigenvalue weighted by Crippen LogP contribution is 2.14. The molecule has 0 saturated heterocycles. The fourth-order valence-electron chi connectivity index (χ4n) is 5.40. The largest absolute Gasteiger partial charge is 0.480 e. The number of hydrogen-bond donors (Lipinski definition) is 4. The third kappa shape index (κ3) is 33.7. The predicted molar refractivity (Wildman–Crippen MR) is 208 cm³/mol. The first-order valence-electron chi connectivity index (χ1n) is 20.0. The minimum atomic E-state index is -1.39. The molecule has 2 atom stereocenters. The predicted octanol–water partition coefficient (Wildman–Crippen LogP) is 9.20. The van der Waals surface area contributed by atoms with Crippen LogP contribution >= 0.6 is 0 Å². The van der Waals surface area contributed by atoms with Crippen molar-refractivity contribution in [3.8, 4) is 0 Å². The summed E-state index contributed by atoms with van der Waals surface area (Å²) >= 11 is 0. The number of aliphatic hydroxyl groups is 1. The normalized spacial score (nSPS) is 13.0. The van der Waals surface area contributed by atoms with Gasteiger partial charge in [0.25, 0.3) is 0 Å². The Morgan fingerprint density at radius 3 is 1.75 bits per heavy atom. The molecule has 2 unspecified atom stereocenters. The molecule has 0 aromatic rings. The molecule has 2 amide bonds. The summed E-state index contributed by atoms with van der Waals surface area (Å²) in [5, 5.41) is 22.4. The molecule has 51 heavy (non-hydrogen) atoms. The molecule has 9 nitrogen and oxygen atoms in total. The maximum atomic E-state index is 12.5. The molecule has 4 N–H and O–H groups in total. The maximum absolute atomic E-state index is 12.5. The summed E-state index contributed by atoms with van der Waals surface area (Å²) in [4.78, 5) is 47.1. The smallest absolute Gasteiger partial charge is 0.328 e. The van der Waals surface area contributed by atoms with Gasteiger partial charge in [0, 0.05) is 12.8 Å². The second-order valence-electron chi connectivity index (χ2n) is 13.4. The standard InChI is InChI=1S/C42H72N2O7/c1-3-5-7-8-9-10-11-12-13-14-15-16-17-18-19-20-21-22-23-24-30-34-41(48)51-37(31-27-6-4-2)32-28-25-26-29-33-39(46)43-35-40(47)44-38(36-45)42(49)50/h11-12,14-15,17-18,27,31,37-38,45H,3-10,13,16,19-26,28-30,32-36H2,1-2H3,(H,43,46)(H,44,47)(H,49,50)/b12-11-,15-14-,18-17-,31-27-. The molecule has 9 heteroatoms. The van der Waals surface area contributed by atoms with Gasteiger partial charge >= 0.3 is 11.9 Å². The molecular weight excluding hydrogens is 644 g/mol. The Kier molecular flexibility index (Phi) is 34.3. The summed E-state index contributed by atoms with van der Waals surface area (Å²) < 4.78 is 5.79. The zero-order chi connectivity index (χ0) is 37.6. The molecule has 0 rings (SSSR count). The maximum Gasteiger partial charge on any atom is 0.328 e. The minimum Gasteiger partial charge on any atom is -0.480 e. The molecule has 0 aliphatic heterocycles. The van der Waals surface area contributed by atoms with Crippen molar-refractivity contribution in [1.29, 1.82) is 0 Å². The van der Waals surface area contributed by atoms with Crippen molar-refractivity contribution in [2.45, 2.75) is 180 Å². The van der Waals surface area contributed by atoms with E-state index < -0.39 is 24.5 Å². The monoisotopic (exact) mass is 717 g/mol. The van der Waals surface area contributed by atoms with Gasteiger partial charge in [-0.25, -0.2) is 4.79 Å². The topological polar surface area (TPSA) is 142 Å². The third-order valence-electron chi connectivity index (χ3n) is 8.51. The van der Waals surface area contributed by atoms with Crippen LogP contribution in [0.2, 0.25) is 0 Å². The van der Waals surface area contributed by atoms with Gasteiger partial charge in [-0.05, 0) is 76.7 Å². The van der Waals surface area contributed by atoms with Crippen molar-refractivity contribution >= 4 is 23.8 Å². The van der Waals surface area contributed by atoms with Crippen LogP contribution in [0, 0.1) is 0 Å². The number of ether oxygens (including phenoxy) is 1. The second-order valence-corrected chi connectivity index (χ2v) is 13.4. The van der Waals surface area contributed by atoms with Gasteiger partial charge in [-0.1, -0.05) is 127 Å². The molecule has 0 aromatic heterocycles. The number of carbonyl (C=O) groups is 4. The Morgan fingerprint density at radius 2 is 1.16 bits per heavy atom.